The lowest BCUT2D eigenvalue weighted by Crippen LogP contribution is -2.19. The maximum atomic E-state index is 5.98. The van der Waals surface area contributed by atoms with Gasteiger partial charge in [0.2, 0.25) is 5.88 Å². The van der Waals surface area contributed by atoms with Gasteiger partial charge in [0, 0.05) is 30.4 Å². The average Bonchev–Trinajstić information content (AvgIpc) is 3.48. The second-order valence-electron chi connectivity index (χ2n) is 10.2. The standard InChI is InChI=1S/C28H33N5O2/c1-18-15-33(17-29-18)24-13-12-22(31-27(24)35-6)23-16-32-14-8-10-20(26(32)30-23)19-9-7-11-21(25(19)34-5)28(2,3)4/h7,9,11-13,15-17,20H,8,10,14H2,1-6H3/t20-/m1/s1. The molecule has 0 N–H and O–H groups in total. The summed E-state index contributed by atoms with van der Waals surface area (Å²) in [6.45, 7) is 9.58. The molecule has 5 rings (SSSR count). The van der Waals surface area contributed by atoms with Gasteiger partial charge in [0.25, 0.3) is 0 Å². The molecule has 0 bridgehead atoms. The number of imidazole rings is 2. The highest BCUT2D eigenvalue weighted by Crippen LogP contribution is 2.43. The molecule has 7 nitrogen and oxygen atoms in total. The van der Waals surface area contributed by atoms with Gasteiger partial charge in [-0.1, -0.05) is 39.0 Å². The van der Waals surface area contributed by atoms with Crippen LogP contribution in [0.4, 0.5) is 0 Å². The largest absolute Gasteiger partial charge is 0.496 e. The zero-order valence-corrected chi connectivity index (χ0v) is 21.4. The van der Waals surface area contributed by atoms with Crippen LogP contribution in [0.2, 0.25) is 0 Å². The van der Waals surface area contributed by atoms with Gasteiger partial charge in [-0.2, -0.15) is 0 Å². The third-order valence-electron chi connectivity index (χ3n) is 6.73. The van der Waals surface area contributed by atoms with E-state index in [1.807, 2.05) is 29.8 Å². The first-order valence-electron chi connectivity index (χ1n) is 12.1. The number of pyridine rings is 1. The minimum Gasteiger partial charge on any atom is -0.496 e. The molecule has 0 saturated heterocycles. The maximum absolute atomic E-state index is 5.98. The minimum atomic E-state index is -0.00734. The Morgan fingerprint density at radius 3 is 2.49 bits per heavy atom. The van der Waals surface area contributed by atoms with Crippen molar-refractivity contribution in [2.24, 2.45) is 0 Å². The number of aryl methyl sites for hydroxylation is 2. The molecule has 0 radical (unpaired) electrons. The molecule has 182 valence electrons. The van der Waals surface area contributed by atoms with Crippen molar-refractivity contribution in [1.29, 1.82) is 0 Å². The van der Waals surface area contributed by atoms with Crippen molar-refractivity contribution >= 4 is 0 Å². The highest BCUT2D eigenvalue weighted by molar-refractivity contribution is 5.59. The molecular formula is C28H33N5O2. The minimum absolute atomic E-state index is 0.00734. The Morgan fingerprint density at radius 2 is 1.80 bits per heavy atom. The molecular weight excluding hydrogens is 438 g/mol. The van der Waals surface area contributed by atoms with E-state index >= 15 is 0 Å². The van der Waals surface area contributed by atoms with Crippen molar-refractivity contribution in [2.45, 2.75) is 58.4 Å². The Balaban J connectivity index is 1.55. The molecule has 4 aromatic rings. The lowest BCUT2D eigenvalue weighted by atomic mass is 9.81. The van der Waals surface area contributed by atoms with E-state index in [4.69, 9.17) is 19.4 Å². The summed E-state index contributed by atoms with van der Waals surface area (Å²) in [5.41, 5.74) is 5.85. The summed E-state index contributed by atoms with van der Waals surface area (Å²) in [7, 11) is 3.41. The first-order chi connectivity index (χ1) is 16.8. The van der Waals surface area contributed by atoms with E-state index in [-0.39, 0.29) is 11.3 Å². The Labute approximate surface area is 206 Å². The summed E-state index contributed by atoms with van der Waals surface area (Å²) in [5.74, 6) is 2.75. The van der Waals surface area contributed by atoms with Crippen LogP contribution in [0.5, 0.6) is 11.6 Å². The molecule has 1 aliphatic rings. The quantitative estimate of drug-likeness (QED) is 0.375. The number of aromatic nitrogens is 5. The lowest BCUT2D eigenvalue weighted by Gasteiger charge is -2.29. The fourth-order valence-electron chi connectivity index (χ4n) is 5.02. The first kappa shape index (κ1) is 23.1. The highest BCUT2D eigenvalue weighted by Gasteiger charge is 2.30. The number of hydrogen-bond acceptors (Lipinski definition) is 5. The number of hydrogen-bond donors (Lipinski definition) is 0. The van der Waals surface area contributed by atoms with Crippen LogP contribution in [0, 0.1) is 6.92 Å². The van der Waals surface area contributed by atoms with Crippen molar-refractivity contribution in [1.82, 2.24) is 24.1 Å². The van der Waals surface area contributed by atoms with Crippen LogP contribution >= 0.6 is 0 Å². The predicted octanol–water partition coefficient (Wildman–Crippen LogP) is 5.68. The number of nitrogens with zero attached hydrogens (tertiary/aromatic N) is 5. The van der Waals surface area contributed by atoms with Gasteiger partial charge >= 0.3 is 0 Å². The lowest BCUT2D eigenvalue weighted by molar-refractivity contribution is 0.383. The van der Waals surface area contributed by atoms with Crippen LogP contribution in [0.25, 0.3) is 17.1 Å². The van der Waals surface area contributed by atoms with Crippen molar-refractivity contribution in [3.63, 3.8) is 0 Å². The molecule has 1 aliphatic heterocycles. The van der Waals surface area contributed by atoms with E-state index in [2.05, 4.69) is 54.7 Å². The van der Waals surface area contributed by atoms with Crippen LogP contribution in [0.1, 0.15) is 62.2 Å². The van der Waals surface area contributed by atoms with E-state index in [1.165, 1.54) is 11.1 Å². The number of ether oxygens (including phenoxy) is 2. The average molecular weight is 472 g/mol. The van der Waals surface area contributed by atoms with E-state index in [1.54, 1.807) is 20.5 Å². The van der Waals surface area contributed by atoms with Crippen LogP contribution < -0.4 is 9.47 Å². The van der Waals surface area contributed by atoms with Gasteiger partial charge in [-0.25, -0.2) is 15.0 Å². The van der Waals surface area contributed by atoms with Gasteiger partial charge in [-0.15, -0.1) is 0 Å². The second kappa shape index (κ2) is 8.87. The summed E-state index contributed by atoms with van der Waals surface area (Å²) in [5, 5.41) is 0. The molecule has 1 aromatic carbocycles. The summed E-state index contributed by atoms with van der Waals surface area (Å²) >= 11 is 0. The topological polar surface area (TPSA) is 67.0 Å². The number of methoxy groups -OCH3 is 2. The summed E-state index contributed by atoms with van der Waals surface area (Å²) in [6, 6.07) is 10.5. The number of para-hydroxylation sites is 1. The monoisotopic (exact) mass is 471 g/mol. The Bertz CT molecular complexity index is 1360. The van der Waals surface area contributed by atoms with Gasteiger partial charge < -0.3 is 18.6 Å². The molecule has 0 saturated carbocycles. The molecule has 0 aliphatic carbocycles. The van der Waals surface area contributed by atoms with Gasteiger partial charge in [0.05, 0.1) is 31.9 Å². The molecule has 0 unspecified atom stereocenters. The van der Waals surface area contributed by atoms with Crippen LogP contribution in [0.3, 0.4) is 0 Å². The third-order valence-corrected chi connectivity index (χ3v) is 6.73. The summed E-state index contributed by atoms with van der Waals surface area (Å²) in [4.78, 5) is 14.2. The normalized spacial score (nSPS) is 15.7. The first-order valence-corrected chi connectivity index (χ1v) is 12.1. The fraction of sp³-hybridized carbons (Fsp3) is 0.393. The van der Waals surface area contributed by atoms with Gasteiger partial charge in [0.1, 0.15) is 23.0 Å². The zero-order valence-electron chi connectivity index (χ0n) is 21.4. The molecule has 3 aromatic heterocycles. The SMILES string of the molecule is COc1nc(-c2cn3c(n2)[C@@H](c2cccc(C(C)(C)C)c2OC)CCC3)ccc1-n1cnc(C)c1. The maximum Gasteiger partial charge on any atom is 0.238 e. The number of rotatable bonds is 5. The molecule has 0 amide bonds. The van der Waals surface area contributed by atoms with Gasteiger partial charge in [0.15, 0.2) is 0 Å². The van der Waals surface area contributed by atoms with E-state index in [0.717, 1.165) is 53.7 Å². The molecule has 7 heteroatoms. The highest BCUT2D eigenvalue weighted by atomic mass is 16.5. The summed E-state index contributed by atoms with van der Waals surface area (Å²) in [6.07, 6.45) is 7.97. The van der Waals surface area contributed by atoms with Gasteiger partial charge in [-0.05, 0) is 42.9 Å². The van der Waals surface area contributed by atoms with E-state index in [9.17, 15) is 0 Å². The Hall–Kier alpha value is -3.61. The van der Waals surface area contributed by atoms with Crippen molar-refractivity contribution in [2.75, 3.05) is 14.2 Å². The smallest absolute Gasteiger partial charge is 0.238 e. The third kappa shape index (κ3) is 4.20. The Morgan fingerprint density at radius 1 is 0.971 bits per heavy atom. The second-order valence-corrected chi connectivity index (χ2v) is 10.2. The molecule has 35 heavy (non-hydrogen) atoms. The van der Waals surface area contributed by atoms with Crippen molar-refractivity contribution in [3.05, 3.63) is 71.7 Å². The predicted molar refractivity (Wildman–Crippen MR) is 137 cm³/mol. The van der Waals surface area contributed by atoms with Crippen molar-refractivity contribution < 1.29 is 9.47 Å². The molecule has 0 fully saturated rings. The van der Waals surface area contributed by atoms with Crippen molar-refractivity contribution in [3.8, 4) is 28.7 Å². The van der Waals surface area contributed by atoms with Crippen LogP contribution in [0.15, 0.2) is 49.1 Å². The Kier molecular flexibility index (Phi) is 5.87. The van der Waals surface area contributed by atoms with Crippen LogP contribution in [-0.4, -0.2) is 38.3 Å². The molecule has 0 spiro atoms. The summed E-state index contributed by atoms with van der Waals surface area (Å²) < 4.78 is 15.8. The van der Waals surface area contributed by atoms with E-state index < -0.39 is 0 Å². The van der Waals surface area contributed by atoms with Gasteiger partial charge in [-0.3, -0.25) is 0 Å². The number of benzene rings is 1. The van der Waals surface area contributed by atoms with Crippen LogP contribution in [-0.2, 0) is 12.0 Å². The fourth-order valence-corrected chi connectivity index (χ4v) is 5.02. The molecule has 1 atom stereocenters. The van der Waals surface area contributed by atoms with E-state index in [0.29, 0.717) is 5.88 Å². The zero-order chi connectivity index (χ0) is 24.7. The number of fused-ring (bicyclic) bond motifs is 1. The molecule has 4 heterocycles.